The maximum absolute atomic E-state index is 12.2. The summed E-state index contributed by atoms with van der Waals surface area (Å²) >= 11 is 0. The Morgan fingerprint density at radius 1 is 1.20 bits per heavy atom. The van der Waals surface area contributed by atoms with Gasteiger partial charge in [-0.05, 0) is 43.4 Å². The van der Waals surface area contributed by atoms with E-state index in [0.29, 0.717) is 19.4 Å². The molecule has 25 heavy (non-hydrogen) atoms. The zero-order valence-corrected chi connectivity index (χ0v) is 14.4. The zero-order valence-electron chi connectivity index (χ0n) is 14.4. The molecule has 2 amide bonds. The Morgan fingerprint density at radius 3 is 2.56 bits per heavy atom. The van der Waals surface area contributed by atoms with E-state index in [1.165, 1.54) is 4.90 Å². The van der Waals surface area contributed by atoms with Crippen LogP contribution in [-0.4, -0.2) is 49.0 Å². The number of nitrogens with zero attached hydrogens (tertiary/aromatic N) is 1. The van der Waals surface area contributed by atoms with Crippen molar-refractivity contribution in [3.8, 4) is 5.75 Å². The van der Waals surface area contributed by atoms with E-state index in [9.17, 15) is 14.4 Å². The summed E-state index contributed by atoms with van der Waals surface area (Å²) in [5.41, 5.74) is 6.32. The topological polar surface area (TPSA) is 98.9 Å². The summed E-state index contributed by atoms with van der Waals surface area (Å²) in [5, 5.41) is 0. The number of nitrogens with two attached hydrogens (primary N) is 1. The first-order valence-corrected chi connectivity index (χ1v) is 8.38. The first-order chi connectivity index (χ1) is 12.0. The van der Waals surface area contributed by atoms with Gasteiger partial charge in [0.1, 0.15) is 11.8 Å². The minimum absolute atomic E-state index is 0.179. The number of esters is 1. The summed E-state index contributed by atoms with van der Waals surface area (Å²) in [7, 11) is 1.59. The fraction of sp³-hybridized carbons (Fsp3) is 0.500. The van der Waals surface area contributed by atoms with Crippen molar-refractivity contribution in [1.29, 1.82) is 0 Å². The summed E-state index contributed by atoms with van der Waals surface area (Å²) < 4.78 is 10.1. The largest absolute Gasteiger partial charge is 0.497 e. The van der Waals surface area contributed by atoms with Crippen molar-refractivity contribution in [2.24, 2.45) is 5.73 Å². The van der Waals surface area contributed by atoms with Crippen molar-refractivity contribution >= 4 is 17.8 Å². The molecular formula is C18H24N2O5. The molecule has 0 saturated carbocycles. The Hall–Kier alpha value is -2.57. The Bertz CT molecular complexity index is 614. The fourth-order valence-electron chi connectivity index (χ4n) is 2.86. The average Bonchev–Trinajstić information content (AvgIpc) is 2.64. The van der Waals surface area contributed by atoms with Crippen molar-refractivity contribution in [2.75, 3.05) is 20.3 Å². The lowest BCUT2D eigenvalue weighted by Gasteiger charge is -2.33. The zero-order chi connectivity index (χ0) is 18.2. The molecule has 7 heteroatoms. The molecule has 0 aromatic heterocycles. The van der Waals surface area contributed by atoms with E-state index < -0.39 is 17.9 Å². The summed E-state index contributed by atoms with van der Waals surface area (Å²) in [6.07, 6.45) is 2.94. The van der Waals surface area contributed by atoms with E-state index in [4.69, 9.17) is 15.2 Å². The van der Waals surface area contributed by atoms with Crippen LogP contribution in [0.2, 0.25) is 0 Å². The van der Waals surface area contributed by atoms with Gasteiger partial charge < -0.3 is 20.1 Å². The first kappa shape index (κ1) is 18.8. The number of hydrogen-bond donors (Lipinski definition) is 1. The molecular weight excluding hydrogens is 324 g/mol. The van der Waals surface area contributed by atoms with Crippen molar-refractivity contribution in [2.45, 2.75) is 38.1 Å². The molecule has 1 aromatic carbocycles. The first-order valence-electron chi connectivity index (χ1n) is 8.38. The molecule has 0 radical (unpaired) electrons. The van der Waals surface area contributed by atoms with E-state index in [1.807, 2.05) is 24.3 Å². The highest BCUT2D eigenvalue weighted by molar-refractivity contribution is 5.88. The number of rotatable bonds is 7. The van der Waals surface area contributed by atoms with Crippen LogP contribution in [0.15, 0.2) is 24.3 Å². The fourth-order valence-corrected chi connectivity index (χ4v) is 2.86. The van der Waals surface area contributed by atoms with Crippen LogP contribution in [0.25, 0.3) is 0 Å². The third-order valence-electron chi connectivity index (χ3n) is 4.29. The van der Waals surface area contributed by atoms with E-state index >= 15 is 0 Å². The van der Waals surface area contributed by atoms with E-state index in [0.717, 1.165) is 24.2 Å². The predicted molar refractivity (Wildman–Crippen MR) is 90.8 cm³/mol. The van der Waals surface area contributed by atoms with Gasteiger partial charge in [-0.1, -0.05) is 12.1 Å². The number of methoxy groups -OCH3 is 1. The van der Waals surface area contributed by atoms with Gasteiger partial charge in [-0.25, -0.2) is 0 Å². The maximum atomic E-state index is 12.2. The van der Waals surface area contributed by atoms with Gasteiger partial charge in [0.15, 0.2) is 6.61 Å². The van der Waals surface area contributed by atoms with Crippen LogP contribution in [0, 0.1) is 0 Å². The number of hydrogen-bond acceptors (Lipinski definition) is 5. The molecule has 1 heterocycles. The van der Waals surface area contributed by atoms with E-state index in [1.54, 1.807) is 7.11 Å². The number of benzene rings is 1. The second-order valence-corrected chi connectivity index (χ2v) is 6.01. The Kier molecular flexibility index (Phi) is 6.80. The third kappa shape index (κ3) is 5.48. The van der Waals surface area contributed by atoms with Crippen molar-refractivity contribution in [1.82, 2.24) is 4.90 Å². The van der Waals surface area contributed by atoms with Crippen LogP contribution >= 0.6 is 0 Å². The summed E-state index contributed by atoms with van der Waals surface area (Å²) in [5.74, 6) is -0.584. The normalized spacial score (nSPS) is 17.0. The van der Waals surface area contributed by atoms with Gasteiger partial charge in [-0.3, -0.25) is 14.4 Å². The predicted octanol–water partition coefficient (Wildman–Crippen LogP) is 1.04. The van der Waals surface area contributed by atoms with Gasteiger partial charge in [0.25, 0.3) is 5.91 Å². The van der Waals surface area contributed by atoms with Gasteiger partial charge in [0.2, 0.25) is 5.91 Å². The highest BCUT2D eigenvalue weighted by Gasteiger charge is 2.30. The molecule has 0 bridgehead atoms. The van der Waals surface area contributed by atoms with Gasteiger partial charge in [-0.15, -0.1) is 0 Å². The summed E-state index contributed by atoms with van der Waals surface area (Å²) in [6, 6.07) is 6.80. The van der Waals surface area contributed by atoms with E-state index in [-0.39, 0.29) is 18.9 Å². The minimum atomic E-state index is -0.598. The maximum Gasteiger partial charge on any atom is 0.306 e. The molecule has 2 N–H and O–H groups in total. The lowest BCUT2D eigenvalue weighted by molar-refractivity contribution is -0.154. The monoisotopic (exact) mass is 348 g/mol. The number of aryl methyl sites for hydroxylation is 1. The number of amides is 2. The molecule has 0 unspecified atom stereocenters. The molecule has 0 aliphatic carbocycles. The van der Waals surface area contributed by atoms with Gasteiger partial charge in [-0.2, -0.15) is 0 Å². The van der Waals surface area contributed by atoms with Gasteiger partial charge in [0, 0.05) is 13.0 Å². The second-order valence-electron chi connectivity index (χ2n) is 6.01. The average molecular weight is 348 g/mol. The summed E-state index contributed by atoms with van der Waals surface area (Å²) in [4.78, 5) is 36.9. The number of carbonyl (C=O) groups is 3. The molecule has 2 rings (SSSR count). The van der Waals surface area contributed by atoms with Gasteiger partial charge >= 0.3 is 5.97 Å². The van der Waals surface area contributed by atoms with E-state index in [2.05, 4.69) is 0 Å². The standard InChI is InChI=1S/C18H24N2O5/c1-24-14-8-5-13(6-9-14)7-10-17(22)25-12-16(21)20-11-3-2-4-15(20)18(19)23/h5-6,8-9,15H,2-4,7,10-12H2,1H3,(H2,19,23)/t15-/m1/s1. The number of carbonyl (C=O) groups excluding carboxylic acids is 3. The number of likely N-dealkylation sites (tertiary alicyclic amines) is 1. The number of primary amides is 1. The quantitative estimate of drug-likeness (QED) is 0.742. The van der Waals surface area contributed by atoms with Gasteiger partial charge in [0.05, 0.1) is 7.11 Å². The number of piperidine rings is 1. The Morgan fingerprint density at radius 2 is 1.92 bits per heavy atom. The molecule has 1 aromatic rings. The highest BCUT2D eigenvalue weighted by atomic mass is 16.5. The lowest BCUT2D eigenvalue weighted by atomic mass is 10.0. The van der Waals surface area contributed by atoms with Crippen molar-refractivity contribution < 1.29 is 23.9 Å². The second kappa shape index (κ2) is 9.05. The SMILES string of the molecule is COc1ccc(CCC(=O)OCC(=O)N2CCCC[C@@H]2C(N)=O)cc1. The summed E-state index contributed by atoms with van der Waals surface area (Å²) in [6.45, 7) is 0.112. The third-order valence-corrected chi connectivity index (χ3v) is 4.29. The highest BCUT2D eigenvalue weighted by Crippen LogP contribution is 2.17. The molecule has 0 spiro atoms. The molecule has 1 atom stereocenters. The molecule has 1 aliphatic heterocycles. The lowest BCUT2D eigenvalue weighted by Crippen LogP contribution is -2.51. The van der Waals surface area contributed by atoms with Crippen LogP contribution < -0.4 is 10.5 Å². The smallest absolute Gasteiger partial charge is 0.306 e. The van der Waals surface area contributed by atoms with Crippen LogP contribution in [-0.2, 0) is 25.5 Å². The number of ether oxygens (including phenoxy) is 2. The minimum Gasteiger partial charge on any atom is -0.497 e. The molecule has 1 fully saturated rings. The Labute approximate surface area is 147 Å². The van der Waals surface area contributed by atoms with Crippen molar-refractivity contribution in [3.63, 3.8) is 0 Å². The van der Waals surface area contributed by atoms with Crippen LogP contribution in [0.3, 0.4) is 0 Å². The molecule has 1 aliphatic rings. The van der Waals surface area contributed by atoms with Crippen molar-refractivity contribution in [3.05, 3.63) is 29.8 Å². The Balaban J connectivity index is 1.76. The molecule has 1 saturated heterocycles. The van der Waals surface area contributed by atoms with Crippen LogP contribution in [0.4, 0.5) is 0 Å². The van der Waals surface area contributed by atoms with Crippen LogP contribution in [0.5, 0.6) is 5.75 Å². The molecule has 136 valence electrons. The van der Waals surface area contributed by atoms with Crippen LogP contribution in [0.1, 0.15) is 31.2 Å². The molecule has 7 nitrogen and oxygen atoms in total.